The smallest absolute Gasteiger partial charge is 0.406 e. The molecule has 0 atom stereocenters. The highest BCUT2D eigenvalue weighted by Crippen LogP contribution is 2.32. The minimum Gasteiger partial charge on any atom is -0.406 e. The zero-order chi connectivity index (χ0) is 20.5. The largest absolute Gasteiger partial charge is 0.573 e. The van der Waals surface area contributed by atoms with Crippen LogP contribution in [0, 0.1) is 10.1 Å². The molecule has 28 heavy (non-hydrogen) atoms. The summed E-state index contributed by atoms with van der Waals surface area (Å²) >= 11 is 0.894. The van der Waals surface area contributed by atoms with Crippen LogP contribution in [0.15, 0.2) is 18.2 Å². The van der Waals surface area contributed by atoms with Crippen molar-refractivity contribution >= 4 is 38.3 Å². The highest BCUT2D eigenvalue weighted by atomic mass is 32.1. The topological polar surface area (TPSA) is 123 Å². The van der Waals surface area contributed by atoms with E-state index in [0.29, 0.717) is 23.1 Å². The van der Waals surface area contributed by atoms with Crippen LogP contribution < -0.4 is 10.1 Å². The fourth-order valence-corrected chi connectivity index (χ4v) is 3.35. The number of amides is 1. The van der Waals surface area contributed by atoms with Gasteiger partial charge < -0.3 is 4.74 Å². The van der Waals surface area contributed by atoms with Gasteiger partial charge in [0.05, 0.1) is 15.1 Å². The average Bonchev–Trinajstić information content (AvgIpc) is 3.16. The van der Waals surface area contributed by atoms with Crippen molar-refractivity contribution in [1.29, 1.82) is 0 Å². The van der Waals surface area contributed by atoms with Crippen molar-refractivity contribution in [1.82, 2.24) is 15.2 Å². The summed E-state index contributed by atoms with van der Waals surface area (Å²) < 4.78 is 41.1. The Morgan fingerprint density at radius 1 is 1.43 bits per heavy atom. The van der Waals surface area contributed by atoms with Gasteiger partial charge in [0.1, 0.15) is 11.4 Å². The first-order valence-electron chi connectivity index (χ1n) is 7.87. The van der Waals surface area contributed by atoms with Crippen molar-refractivity contribution in [3.63, 3.8) is 0 Å². The van der Waals surface area contributed by atoms with Crippen LogP contribution in [0.1, 0.15) is 29.5 Å². The molecular formula is C15H12F3N5O4S. The van der Waals surface area contributed by atoms with Gasteiger partial charge in [-0.25, -0.2) is 4.98 Å². The number of thiazole rings is 1. The number of aryl methyl sites for hydroxylation is 1. The normalized spacial score (nSPS) is 11.6. The Balaban J connectivity index is 1.84. The summed E-state index contributed by atoms with van der Waals surface area (Å²) in [6, 6.07) is 3.53. The number of carbonyl (C=O) groups is 1. The number of anilines is 1. The maximum Gasteiger partial charge on any atom is 0.573 e. The van der Waals surface area contributed by atoms with Gasteiger partial charge >= 0.3 is 12.0 Å². The predicted molar refractivity (Wildman–Crippen MR) is 93.5 cm³/mol. The van der Waals surface area contributed by atoms with E-state index in [1.165, 1.54) is 6.07 Å². The number of ether oxygens (including phenoxy) is 1. The fraction of sp³-hybridized carbons (Fsp3) is 0.267. The molecule has 0 bridgehead atoms. The molecule has 2 heterocycles. The molecular weight excluding hydrogens is 403 g/mol. The number of H-pyrrole nitrogens is 1. The number of nitrogens with zero attached hydrogens (tertiary/aromatic N) is 3. The van der Waals surface area contributed by atoms with Gasteiger partial charge in [-0.3, -0.25) is 25.3 Å². The van der Waals surface area contributed by atoms with Gasteiger partial charge in [0, 0.05) is 6.07 Å². The molecule has 2 N–H and O–H groups in total. The lowest BCUT2D eigenvalue weighted by molar-refractivity contribution is -0.385. The maximum atomic E-state index is 12.4. The van der Waals surface area contributed by atoms with Gasteiger partial charge in [0.15, 0.2) is 5.13 Å². The molecule has 0 saturated heterocycles. The van der Waals surface area contributed by atoms with Crippen LogP contribution in [0.4, 0.5) is 24.0 Å². The Kier molecular flexibility index (Phi) is 5.18. The van der Waals surface area contributed by atoms with Gasteiger partial charge in [-0.15, -0.1) is 13.2 Å². The molecule has 0 fully saturated rings. The third kappa shape index (κ3) is 4.19. The van der Waals surface area contributed by atoms with E-state index < -0.39 is 34.3 Å². The summed E-state index contributed by atoms with van der Waals surface area (Å²) in [5.74, 6) is -1.27. The number of hydrogen-bond acceptors (Lipinski definition) is 7. The number of alkyl halides is 3. The Labute approximate surface area is 158 Å². The first-order valence-corrected chi connectivity index (χ1v) is 8.69. The summed E-state index contributed by atoms with van der Waals surface area (Å²) in [6.07, 6.45) is -3.87. The van der Waals surface area contributed by atoms with Crippen molar-refractivity contribution in [2.45, 2.75) is 26.1 Å². The Morgan fingerprint density at radius 3 is 2.82 bits per heavy atom. The lowest BCUT2D eigenvalue weighted by Gasteiger charge is -2.07. The van der Waals surface area contributed by atoms with E-state index in [9.17, 15) is 28.1 Å². The summed E-state index contributed by atoms with van der Waals surface area (Å²) in [7, 11) is 0. The fourth-order valence-electron chi connectivity index (χ4n) is 2.46. The number of rotatable bonds is 6. The average molecular weight is 415 g/mol. The van der Waals surface area contributed by atoms with Crippen LogP contribution in [0.2, 0.25) is 0 Å². The molecule has 1 amide bonds. The number of aromatic amines is 1. The van der Waals surface area contributed by atoms with E-state index in [0.717, 1.165) is 23.5 Å². The van der Waals surface area contributed by atoms with Crippen LogP contribution in [-0.4, -0.2) is 32.4 Å². The zero-order valence-electron chi connectivity index (χ0n) is 14.2. The van der Waals surface area contributed by atoms with E-state index in [2.05, 4.69) is 25.2 Å². The van der Waals surface area contributed by atoms with E-state index in [4.69, 9.17) is 0 Å². The SMILES string of the molecule is CCCc1[nH]nc(C(=O)Nc2nc3ccc(OC(F)(F)F)cc3s2)c1[N+](=O)[O-]. The van der Waals surface area contributed by atoms with Gasteiger partial charge in [0.2, 0.25) is 5.69 Å². The van der Waals surface area contributed by atoms with Crippen LogP contribution in [-0.2, 0) is 6.42 Å². The highest BCUT2D eigenvalue weighted by molar-refractivity contribution is 7.22. The van der Waals surface area contributed by atoms with Crippen molar-refractivity contribution in [3.8, 4) is 5.75 Å². The van der Waals surface area contributed by atoms with Crippen molar-refractivity contribution in [2.75, 3.05) is 5.32 Å². The third-order valence-electron chi connectivity index (χ3n) is 3.52. The van der Waals surface area contributed by atoms with E-state index in [-0.39, 0.29) is 10.8 Å². The van der Waals surface area contributed by atoms with Crippen LogP contribution in [0.25, 0.3) is 10.2 Å². The summed E-state index contributed by atoms with van der Waals surface area (Å²) in [4.78, 5) is 27.0. The number of nitro groups is 1. The van der Waals surface area contributed by atoms with Gasteiger partial charge in [0.25, 0.3) is 5.91 Å². The molecule has 9 nitrogen and oxygen atoms in total. The van der Waals surface area contributed by atoms with E-state index in [1.807, 2.05) is 6.92 Å². The monoisotopic (exact) mass is 415 g/mol. The predicted octanol–water partition coefficient (Wildman–Crippen LogP) is 4.03. The second-order valence-corrected chi connectivity index (χ2v) is 6.59. The lowest BCUT2D eigenvalue weighted by atomic mass is 10.2. The minimum absolute atomic E-state index is 0.0542. The molecule has 0 aliphatic heterocycles. The van der Waals surface area contributed by atoms with Crippen molar-refractivity contribution in [2.24, 2.45) is 0 Å². The summed E-state index contributed by atoms with van der Waals surface area (Å²) in [6.45, 7) is 1.82. The maximum absolute atomic E-state index is 12.4. The summed E-state index contributed by atoms with van der Waals surface area (Å²) in [5.41, 5.74) is -0.246. The number of carbonyl (C=O) groups excluding carboxylic acids is 1. The molecule has 0 radical (unpaired) electrons. The Bertz CT molecular complexity index is 1050. The first-order chi connectivity index (χ1) is 13.2. The number of hydrogen-bond donors (Lipinski definition) is 2. The first kappa shape index (κ1) is 19.5. The number of halogens is 3. The number of benzene rings is 1. The second kappa shape index (κ2) is 7.42. The summed E-state index contributed by atoms with van der Waals surface area (Å²) in [5, 5.41) is 19.9. The Hall–Kier alpha value is -3.22. The van der Waals surface area contributed by atoms with Crippen LogP contribution in [0.3, 0.4) is 0 Å². The lowest BCUT2D eigenvalue weighted by Crippen LogP contribution is -2.16. The van der Waals surface area contributed by atoms with Crippen LogP contribution >= 0.6 is 11.3 Å². The molecule has 1 aromatic carbocycles. The number of aromatic nitrogens is 3. The highest BCUT2D eigenvalue weighted by Gasteiger charge is 2.31. The van der Waals surface area contributed by atoms with E-state index >= 15 is 0 Å². The van der Waals surface area contributed by atoms with E-state index in [1.54, 1.807) is 0 Å². The molecule has 0 aliphatic carbocycles. The van der Waals surface area contributed by atoms with Crippen molar-refractivity contribution < 1.29 is 27.6 Å². The van der Waals surface area contributed by atoms with Crippen LogP contribution in [0.5, 0.6) is 5.75 Å². The molecule has 3 rings (SSSR count). The standard InChI is InChI=1S/C15H12F3N5O4S/c1-2-3-9-12(23(25)26)11(22-21-9)13(24)20-14-19-8-5-4-7(6-10(8)28-14)27-15(16,17)18/h4-6H,2-3H2,1H3,(H,21,22)(H,19,20,24). The quantitative estimate of drug-likeness (QED) is 0.463. The number of nitrogens with one attached hydrogen (secondary N) is 2. The molecule has 0 spiro atoms. The number of fused-ring (bicyclic) bond motifs is 1. The minimum atomic E-state index is -4.83. The van der Waals surface area contributed by atoms with Crippen molar-refractivity contribution in [3.05, 3.63) is 39.7 Å². The molecule has 3 aromatic rings. The molecule has 13 heteroatoms. The molecule has 0 aliphatic rings. The zero-order valence-corrected chi connectivity index (χ0v) is 15.0. The second-order valence-electron chi connectivity index (χ2n) is 5.56. The molecule has 2 aromatic heterocycles. The molecule has 0 saturated carbocycles. The Morgan fingerprint density at radius 2 is 2.18 bits per heavy atom. The van der Waals surface area contributed by atoms with Gasteiger partial charge in [-0.2, -0.15) is 5.10 Å². The molecule has 0 unspecified atom stereocenters. The molecule has 148 valence electrons. The third-order valence-corrected chi connectivity index (χ3v) is 4.46. The van der Waals surface area contributed by atoms with Gasteiger partial charge in [-0.1, -0.05) is 24.7 Å². The van der Waals surface area contributed by atoms with Gasteiger partial charge in [-0.05, 0) is 18.6 Å².